The summed E-state index contributed by atoms with van der Waals surface area (Å²) in [6.07, 6.45) is 9.33. The minimum Gasteiger partial charge on any atom is -0.312 e. The van der Waals surface area contributed by atoms with Crippen LogP contribution in [0.5, 0.6) is 0 Å². The van der Waals surface area contributed by atoms with Crippen LogP contribution in [0, 0.1) is 5.41 Å². The van der Waals surface area contributed by atoms with Crippen LogP contribution in [0.15, 0.2) is 0 Å². The predicted molar refractivity (Wildman–Crippen MR) is 79.7 cm³/mol. The largest absolute Gasteiger partial charge is 0.312 e. The molecule has 4 heteroatoms. The van der Waals surface area contributed by atoms with E-state index in [9.17, 15) is 4.79 Å². The normalized spacial score (nSPS) is 15.6. The quantitative estimate of drug-likeness (QED) is 0.649. The van der Waals surface area contributed by atoms with Gasteiger partial charge >= 0.3 is 0 Å². The van der Waals surface area contributed by atoms with E-state index in [0.717, 1.165) is 30.8 Å². The van der Waals surface area contributed by atoms with E-state index in [1.54, 1.807) is 0 Å². The van der Waals surface area contributed by atoms with Gasteiger partial charge in [-0.2, -0.15) is 0 Å². The van der Waals surface area contributed by atoms with Crippen molar-refractivity contribution in [3.05, 3.63) is 11.6 Å². The van der Waals surface area contributed by atoms with Crippen LogP contribution in [0.4, 0.5) is 0 Å². The Hall–Kier alpha value is -1.19. The number of aromatic nitrogens is 3. The van der Waals surface area contributed by atoms with Gasteiger partial charge in [-0.15, -0.1) is 10.2 Å². The summed E-state index contributed by atoms with van der Waals surface area (Å²) in [6.45, 7) is 6.91. The number of nitrogens with zero attached hydrogens (tertiary/aromatic N) is 3. The van der Waals surface area contributed by atoms with Crippen LogP contribution in [-0.4, -0.2) is 21.1 Å². The second-order valence-electron chi connectivity index (χ2n) is 6.71. The van der Waals surface area contributed by atoms with E-state index in [4.69, 9.17) is 0 Å². The van der Waals surface area contributed by atoms with Gasteiger partial charge in [-0.1, -0.05) is 27.2 Å². The Morgan fingerprint density at radius 2 is 1.90 bits per heavy atom. The lowest BCUT2D eigenvalue weighted by Crippen LogP contribution is -2.11. The maximum Gasteiger partial charge on any atom is 0.133 e. The lowest BCUT2D eigenvalue weighted by atomic mass is 9.85. The molecule has 0 aliphatic heterocycles. The summed E-state index contributed by atoms with van der Waals surface area (Å²) < 4.78 is 2.31. The van der Waals surface area contributed by atoms with Gasteiger partial charge in [-0.25, -0.2) is 0 Å². The van der Waals surface area contributed by atoms with Gasteiger partial charge in [0.15, 0.2) is 0 Å². The van der Waals surface area contributed by atoms with Crippen LogP contribution in [0.1, 0.15) is 77.0 Å². The first-order valence-corrected chi connectivity index (χ1v) is 7.93. The van der Waals surface area contributed by atoms with Crippen molar-refractivity contribution in [1.29, 1.82) is 0 Å². The Morgan fingerprint density at radius 1 is 1.25 bits per heavy atom. The van der Waals surface area contributed by atoms with Crippen molar-refractivity contribution in [2.24, 2.45) is 5.41 Å². The summed E-state index contributed by atoms with van der Waals surface area (Å²) in [4.78, 5) is 10.5. The van der Waals surface area contributed by atoms with Crippen LogP contribution in [-0.2, 0) is 17.6 Å². The Bertz CT molecular complexity index is 447. The highest BCUT2D eigenvalue weighted by Gasteiger charge is 2.29. The summed E-state index contributed by atoms with van der Waals surface area (Å²) in [6, 6.07) is 0.598. The van der Waals surface area contributed by atoms with E-state index in [-0.39, 0.29) is 0 Å². The predicted octanol–water partition coefficient (Wildman–Crippen LogP) is 3.50. The summed E-state index contributed by atoms with van der Waals surface area (Å²) >= 11 is 0. The first-order chi connectivity index (χ1) is 9.57. The van der Waals surface area contributed by atoms with Crippen molar-refractivity contribution in [2.45, 2.75) is 78.2 Å². The SMILES string of the molecule is CCC(C)(C)CCCc1nnc(CCC=O)n1C1CC1. The lowest BCUT2D eigenvalue weighted by molar-refractivity contribution is -0.107. The maximum absolute atomic E-state index is 10.5. The maximum atomic E-state index is 10.5. The monoisotopic (exact) mass is 277 g/mol. The molecule has 4 nitrogen and oxygen atoms in total. The zero-order valence-electron chi connectivity index (χ0n) is 13.1. The van der Waals surface area contributed by atoms with Crippen molar-refractivity contribution in [3.8, 4) is 0 Å². The number of hydrogen-bond acceptors (Lipinski definition) is 3. The zero-order valence-corrected chi connectivity index (χ0v) is 13.1. The van der Waals surface area contributed by atoms with E-state index in [2.05, 4.69) is 35.5 Å². The summed E-state index contributed by atoms with van der Waals surface area (Å²) in [5.74, 6) is 2.13. The number of aldehydes is 1. The van der Waals surface area contributed by atoms with Gasteiger partial charge in [0.05, 0.1) is 0 Å². The van der Waals surface area contributed by atoms with Crippen LogP contribution < -0.4 is 0 Å². The van der Waals surface area contributed by atoms with Gasteiger partial charge in [0.2, 0.25) is 0 Å². The summed E-state index contributed by atoms with van der Waals surface area (Å²) in [7, 11) is 0. The fraction of sp³-hybridized carbons (Fsp3) is 0.812. The Labute approximate surface area is 122 Å². The molecule has 0 amide bonds. The highest BCUT2D eigenvalue weighted by atomic mass is 16.1. The number of hydrogen-bond donors (Lipinski definition) is 0. The van der Waals surface area contributed by atoms with Gasteiger partial charge in [0.1, 0.15) is 17.9 Å². The van der Waals surface area contributed by atoms with Gasteiger partial charge < -0.3 is 9.36 Å². The van der Waals surface area contributed by atoms with Gasteiger partial charge in [0.25, 0.3) is 0 Å². The first kappa shape index (κ1) is 15.2. The second kappa shape index (κ2) is 6.51. The molecule has 1 aliphatic rings. The third-order valence-corrected chi connectivity index (χ3v) is 4.45. The molecule has 1 aromatic rings. The molecule has 0 unspecified atom stereocenters. The molecule has 1 aliphatic carbocycles. The fourth-order valence-electron chi connectivity index (χ4n) is 2.55. The second-order valence-corrected chi connectivity index (χ2v) is 6.71. The molecule has 1 heterocycles. The van der Waals surface area contributed by atoms with Crippen molar-refractivity contribution >= 4 is 6.29 Å². The average molecular weight is 277 g/mol. The molecule has 0 aromatic carbocycles. The van der Waals surface area contributed by atoms with E-state index in [1.165, 1.54) is 32.1 Å². The van der Waals surface area contributed by atoms with Crippen LogP contribution in [0.25, 0.3) is 0 Å². The van der Waals surface area contributed by atoms with Crippen molar-refractivity contribution in [3.63, 3.8) is 0 Å². The molecule has 0 N–H and O–H groups in total. The highest BCUT2D eigenvalue weighted by Crippen LogP contribution is 2.37. The molecular formula is C16H27N3O. The molecule has 1 fully saturated rings. The topological polar surface area (TPSA) is 47.8 Å². The van der Waals surface area contributed by atoms with Crippen LogP contribution in [0.3, 0.4) is 0 Å². The van der Waals surface area contributed by atoms with Crippen molar-refractivity contribution in [1.82, 2.24) is 14.8 Å². The molecule has 1 aromatic heterocycles. The van der Waals surface area contributed by atoms with E-state index >= 15 is 0 Å². The minimum atomic E-state index is 0.421. The Kier molecular flexibility index (Phi) is 4.95. The molecular weight excluding hydrogens is 250 g/mol. The highest BCUT2D eigenvalue weighted by molar-refractivity contribution is 5.49. The van der Waals surface area contributed by atoms with Gasteiger partial charge in [-0.3, -0.25) is 0 Å². The first-order valence-electron chi connectivity index (χ1n) is 7.93. The zero-order chi connectivity index (χ0) is 14.6. The molecule has 1 saturated carbocycles. The molecule has 0 radical (unpaired) electrons. The number of rotatable bonds is 9. The number of aryl methyl sites for hydroxylation is 2. The molecule has 20 heavy (non-hydrogen) atoms. The Morgan fingerprint density at radius 3 is 2.45 bits per heavy atom. The third kappa shape index (κ3) is 3.90. The van der Waals surface area contributed by atoms with Crippen LogP contribution >= 0.6 is 0 Å². The smallest absolute Gasteiger partial charge is 0.133 e. The summed E-state index contributed by atoms with van der Waals surface area (Å²) in [5.41, 5.74) is 0.421. The number of carbonyl (C=O) groups excluding carboxylic acids is 1. The molecule has 0 spiro atoms. The van der Waals surface area contributed by atoms with E-state index in [1.807, 2.05) is 0 Å². The van der Waals surface area contributed by atoms with Gasteiger partial charge in [0, 0.05) is 25.3 Å². The van der Waals surface area contributed by atoms with Crippen LogP contribution in [0.2, 0.25) is 0 Å². The molecule has 2 rings (SSSR count). The molecule has 0 bridgehead atoms. The summed E-state index contributed by atoms with van der Waals surface area (Å²) in [5, 5.41) is 8.68. The molecule has 0 atom stereocenters. The van der Waals surface area contributed by atoms with E-state index in [0.29, 0.717) is 17.9 Å². The van der Waals surface area contributed by atoms with Gasteiger partial charge in [-0.05, 0) is 31.1 Å². The molecule has 112 valence electrons. The minimum absolute atomic E-state index is 0.421. The van der Waals surface area contributed by atoms with E-state index < -0.39 is 0 Å². The number of carbonyl (C=O) groups is 1. The van der Waals surface area contributed by atoms with Crippen molar-refractivity contribution < 1.29 is 4.79 Å². The lowest BCUT2D eigenvalue weighted by Gasteiger charge is -2.22. The standard InChI is InChI=1S/C16H27N3O/c1-4-16(2,3)11-5-7-14-17-18-15(8-6-12-20)19(14)13-9-10-13/h12-13H,4-11H2,1-3H3. The van der Waals surface area contributed by atoms with Crippen molar-refractivity contribution in [2.75, 3.05) is 0 Å². The third-order valence-electron chi connectivity index (χ3n) is 4.45. The fourth-order valence-corrected chi connectivity index (χ4v) is 2.55. The molecule has 0 saturated heterocycles. The average Bonchev–Trinajstić information content (AvgIpc) is 3.18. The Balaban J connectivity index is 1.97.